The van der Waals surface area contributed by atoms with E-state index >= 15 is 0 Å². The van der Waals surface area contributed by atoms with Crippen molar-refractivity contribution in [2.24, 2.45) is 0 Å². The van der Waals surface area contributed by atoms with Crippen LogP contribution in [0.3, 0.4) is 0 Å². The molecule has 27 heavy (non-hydrogen) atoms. The number of phosphoric ester groups is 1. The van der Waals surface area contributed by atoms with E-state index in [0.29, 0.717) is 0 Å². The van der Waals surface area contributed by atoms with Crippen molar-refractivity contribution in [2.75, 3.05) is 13.2 Å². The van der Waals surface area contributed by atoms with Crippen LogP contribution in [0.5, 0.6) is 0 Å². The van der Waals surface area contributed by atoms with Crippen LogP contribution in [0.2, 0.25) is 0 Å². The molecular weight excluding hydrogens is 371 g/mol. The fourth-order valence-electron chi connectivity index (χ4n) is 2.86. The highest BCUT2D eigenvalue weighted by Crippen LogP contribution is 2.37. The van der Waals surface area contributed by atoms with E-state index < -0.39 is 26.5 Å². The number of esters is 1. The van der Waals surface area contributed by atoms with Gasteiger partial charge in [0.2, 0.25) is 0 Å². The zero-order valence-electron chi connectivity index (χ0n) is 16.8. The minimum atomic E-state index is -4.70. The van der Waals surface area contributed by atoms with E-state index in [1.165, 1.54) is 64.2 Å². The first-order valence-corrected chi connectivity index (χ1v) is 11.9. The first-order valence-electron chi connectivity index (χ1n) is 10.4. The predicted octanol–water partition coefficient (Wildman–Crippen LogP) is 4.48. The Morgan fingerprint density at radius 1 is 0.852 bits per heavy atom. The molecule has 0 radical (unpaired) electrons. The van der Waals surface area contributed by atoms with Crippen molar-refractivity contribution in [1.82, 2.24) is 0 Å². The number of carbonyl (C=O) groups is 1. The molecule has 0 saturated heterocycles. The SMILES string of the molecule is CCCCCCCCCCCCCCCC(=O)OC[C@H](CO)OP(=O)(O)O. The van der Waals surface area contributed by atoms with Crippen molar-refractivity contribution in [3.8, 4) is 0 Å². The molecule has 0 aromatic carbocycles. The van der Waals surface area contributed by atoms with Crippen LogP contribution in [0.25, 0.3) is 0 Å². The van der Waals surface area contributed by atoms with Crippen LogP contribution in [-0.2, 0) is 18.6 Å². The van der Waals surface area contributed by atoms with Gasteiger partial charge in [-0.05, 0) is 6.42 Å². The second-order valence-corrected chi connectivity index (χ2v) is 8.27. The molecule has 1 atom stereocenters. The molecule has 0 amide bonds. The van der Waals surface area contributed by atoms with E-state index in [1.54, 1.807) is 0 Å². The molecule has 7 nitrogen and oxygen atoms in total. The summed E-state index contributed by atoms with van der Waals surface area (Å²) in [6.07, 6.45) is 15.0. The van der Waals surface area contributed by atoms with Gasteiger partial charge in [0.05, 0.1) is 6.61 Å². The normalized spacial score (nSPS) is 12.9. The van der Waals surface area contributed by atoms with E-state index in [9.17, 15) is 9.36 Å². The largest absolute Gasteiger partial charge is 0.470 e. The summed E-state index contributed by atoms with van der Waals surface area (Å²) in [5.74, 6) is -0.439. The fraction of sp³-hybridized carbons (Fsp3) is 0.947. The van der Waals surface area contributed by atoms with Gasteiger partial charge in [-0.2, -0.15) is 0 Å². The molecule has 0 saturated carbocycles. The summed E-state index contributed by atoms with van der Waals surface area (Å²) in [5, 5.41) is 8.94. The molecular formula is C19H39O7P. The molecule has 0 unspecified atom stereocenters. The lowest BCUT2D eigenvalue weighted by molar-refractivity contribution is -0.147. The topological polar surface area (TPSA) is 113 Å². The molecule has 0 aliphatic heterocycles. The van der Waals surface area contributed by atoms with Crippen LogP contribution >= 0.6 is 7.82 Å². The fourth-order valence-corrected chi connectivity index (χ4v) is 3.37. The van der Waals surface area contributed by atoms with Gasteiger partial charge in [0.25, 0.3) is 0 Å². The lowest BCUT2D eigenvalue weighted by Crippen LogP contribution is -2.24. The molecule has 0 aromatic heterocycles. The van der Waals surface area contributed by atoms with Crippen molar-refractivity contribution in [2.45, 2.75) is 103 Å². The van der Waals surface area contributed by atoms with Gasteiger partial charge in [0.15, 0.2) is 0 Å². The standard InChI is InChI=1S/C19H39O7P/c1-2-3-4-5-6-7-8-9-10-11-12-13-14-15-19(21)25-17-18(16-20)26-27(22,23)24/h18,20H,2-17H2,1H3,(H2,22,23,24)/t18-/m0/s1. The smallest absolute Gasteiger partial charge is 0.463 e. The summed E-state index contributed by atoms with van der Waals surface area (Å²) in [4.78, 5) is 28.9. The number of rotatable bonds is 19. The average molecular weight is 410 g/mol. The van der Waals surface area contributed by atoms with E-state index in [1.807, 2.05) is 0 Å². The zero-order chi connectivity index (χ0) is 20.4. The second kappa shape index (κ2) is 17.6. The van der Waals surface area contributed by atoms with Crippen LogP contribution in [-0.4, -0.2) is 40.2 Å². The molecule has 0 heterocycles. The number of phosphoric acid groups is 1. The van der Waals surface area contributed by atoms with Crippen LogP contribution in [0.4, 0.5) is 0 Å². The summed E-state index contributed by atoms with van der Waals surface area (Å²) in [7, 11) is -4.70. The van der Waals surface area contributed by atoms with Crippen molar-refractivity contribution >= 4 is 13.8 Å². The second-order valence-electron chi connectivity index (χ2n) is 7.08. The number of hydrogen-bond donors (Lipinski definition) is 3. The number of carbonyl (C=O) groups excluding carboxylic acids is 1. The van der Waals surface area contributed by atoms with Gasteiger partial charge >= 0.3 is 13.8 Å². The molecule has 0 bridgehead atoms. The Labute approximate surface area is 164 Å². The average Bonchev–Trinajstić information content (AvgIpc) is 2.61. The Hall–Kier alpha value is -0.460. The van der Waals surface area contributed by atoms with E-state index in [-0.39, 0.29) is 13.0 Å². The zero-order valence-corrected chi connectivity index (χ0v) is 17.7. The van der Waals surface area contributed by atoms with Gasteiger partial charge in [0, 0.05) is 6.42 Å². The molecule has 0 aliphatic rings. The Balaban J connectivity index is 3.42. The minimum Gasteiger partial charge on any atom is -0.463 e. The Bertz CT molecular complexity index is 398. The van der Waals surface area contributed by atoms with E-state index in [2.05, 4.69) is 11.4 Å². The van der Waals surface area contributed by atoms with Gasteiger partial charge in [-0.3, -0.25) is 9.32 Å². The van der Waals surface area contributed by atoms with Crippen molar-refractivity contribution in [3.05, 3.63) is 0 Å². The third kappa shape index (κ3) is 20.1. The summed E-state index contributed by atoms with van der Waals surface area (Å²) >= 11 is 0. The maximum atomic E-state index is 11.6. The lowest BCUT2D eigenvalue weighted by atomic mass is 10.0. The first kappa shape index (κ1) is 26.5. The molecule has 0 fully saturated rings. The quantitative estimate of drug-likeness (QED) is 0.163. The van der Waals surface area contributed by atoms with E-state index in [4.69, 9.17) is 19.6 Å². The number of ether oxygens (including phenoxy) is 1. The summed E-state index contributed by atoms with van der Waals surface area (Å²) in [5.41, 5.74) is 0. The van der Waals surface area contributed by atoms with Crippen molar-refractivity contribution in [1.29, 1.82) is 0 Å². The molecule has 3 N–H and O–H groups in total. The molecule has 0 spiro atoms. The Kier molecular flexibility index (Phi) is 17.3. The maximum absolute atomic E-state index is 11.6. The Morgan fingerprint density at radius 2 is 1.30 bits per heavy atom. The molecule has 0 rings (SSSR count). The van der Waals surface area contributed by atoms with Crippen molar-refractivity contribution in [3.63, 3.8) is 0 Å². The number of aliphatic hydroxyl groups is 1. The van der Waals surface area contributed by atoms with E-state index in [0.717, 1.165) is 19.3 Å². The maximum Gasteiger partial charge on any atom is 0.470 e. The third-order valence-corrected chi connectivity index (χ3v) is 4.98. The van der Waals surface area contributed by atoms with Crippen LogP contribution in [0, 0.1) is 0 Å². The van der Waals surface area contributed by atoms with Crippen LogP contribution in [0.1, 0.15) is 96.8 Å². The number of unbranched alkanes of at least 4 members (excludes halogenated alkanes) is 12. The molecule has 0 aliphatic carbocycles. The molecule has 162 valence electrons. The molecule has 8 heteroatoms. The highest BCUT2D eigenvalue weighted by Gasteiger charge is 2.22. The predicted molar refractivity (Wildman–Crippen MR) is 105 cm³/mol. The number of hydrogen-bond acceptors (Lipinski definition) is 5. The molecule has 0 aromatic rings. The summed E-state index contributed by atoms with van der Waals surface area (Å²) in [6, 6.07) is 0. The highest BCUT2D eigenvalue weighted by molar-refractivity contribution is 7.46. The van der Waals surface area contributed by atoms with Crippen molar-refractivity contribution < 1.29 is 33.5 Å². The lowest BCUT2D eigenvalue weighted by Gasteiger charge is -2.15. The van der Waals surface area contributed by atoms with Crippen LogP contribution in [0.15, 0.2) is 0 Å². The minimum absolute atomic E-state index is 0.270. The van der Waals surface area contributed by atoms with Gasteiger partial charge < -0.3 is 19.6 Å². The third-order valence-electron chi connectivity index (χ3n) is 4.40. The van der Waals surface area contributed by atoms with Gasteiger partial charge in [-0.1, -0.05) is 84.0 Å². The van der Waals surface area contributed by atoms with Crippen LogP contribution < -0.4 is 0 Å². The summed E-state index contributed by atoms with van der Waals surface area (Å²) in [6.45, 7) is 1.25. The highest BCUT2D eigenvalue weighted by atomic mass is 31.2. The Morgan fingerprint density at radius 3 is 1.70 bits per heavy atom. The first-order chi connectivity index (χ1) is 12.9. The summed E-state index contributed by atoms with van der Waals surface area (Å²) < 4.78 is 19.9. The number of aliphatic hydroxyl groups excluding tert-OH is 1. The monoisotopic (exact) mass is 410 g/mol. The van der Waals surface area contributed by atoms with Gasteiger partial charge in [0.1, 0.15) is 12.7 Å². The van der Waals surface area contributed by atoms with Gasteiger partial charge in [-0.25, -0.2) is 4.57 Å². The van der Waals surface area contributed by atoms with Gasteiger partial charge in [-0.15, -0.1) is 0 Å².